The second-order valence-electron chi connectivity index (χ2n) is 5.60. The van der Waals surface area contributed by atoms with Crippen LogP contribution in [-0.4, -0.2) is 23.8 Å². The molecule has 0 radical (unpaired) electrons. The smallest absolute Gasteiger partial charge is 0.436 e. The van der Waals surface area contributed by atoms with Crippen LogP contribution in [0.15, 0.2) is 0 Å². The van der Waals surface area contributed by atoms with Gasteiger partial charge >= 0.3 is 13.9 Å². The molecule has 0 saturated carbocycles. The second kappa shape index (κ2) is 11.2. The Hall–Kier alpha value is -0.470. The molecule has 0 aliphatic rings. The highest BCUT2D eigenvalue weighted by Crippen LogP contribution is 2.32. The zero-order valence-electron chi connectivity index (χ0n) is 13.6. The van der Waals surface area contributed by atoms with Crippen molar-refractivity contribution in [2.75, 3.05) is 0 Å². The maximum absolute atomic E-state index is 12.4. The maximum atomic E-state index is 12.4. The summed E-state index contributed by atoms with van der Waals surface area (Å²) in [5.74, 6) is -0.327. The molecule has 0 aromatic rings. The van der Waals surface area contributed by atoms with Crippen LogP contribution in [0.3, 0.4) is 0 Å². The van der Waals surface area contributed by atoms with Crippen LogP contribution < -0.4 is 5.09 Å². The zero-order valence-corrected chi connectivity index (χ0v) is 14.5. The van der Waals surface area contributed by atoms with Crippen LogP contribution in [0.25, 0.3) is 0 Å². The van der Waals surface area contributed by atoms with Gasteiger partial charge in [0.15, 0.2) is 5.66 Å². The van der Waals surface area contributed by atoms with Gasteiger partial charge in [0.1, 0.15) is 6.04 Å². The van der Waals surface area contributed by atoms with Gasteiger partial charge < -0.3 is 4.74 Å². The van der Waals surface area contributed by atoms with Crippen molar-refractivity contribution in [3.63, 3.8) is 0 Å². The zero-order chi connectivity index (χ0) is 15.5. The highest BCUT2D eigenvalue weighted by molar-refractivity contribution is 7.43. The Morgan fingerprint density at radius 1 is 1.10 bits per heavy atom. The summed E-state index contributed by atoms with van der Waals surface area (Å²) in [7, 11) is -1.56. The fourth-order valence-electron chi connectivity index (χ4n) is 2.03. The molecule has 0 aromatic carbocycles. The average molecular weight is 304 g/mol. The molecule has 3 atom stereocenters. The van der Waals surface area contributed by atoms with E-state index in [1.54, 1.807) is 6.92 Å². The molecule has 5 heteroatoms. The monoisotopic (exact) mass is 304 g/mol. The van der Waals surface area contributed by atoms with Gasteiger partial charge in [0.25, 0.3) is 0 Å². The Balaban J connectivity index is 4.32. The molecule has 0 aromatic heterocycles. The van der Waals surface area contributed by atoms with Crippen LogP contribution >= 0.6 is 7.95 Å². The van der Waals surface area contributed by atoms with Crippen LogP contribution in [0.4, 0.5) is 0 Å². The van der Waals surface area contributed by atoms with E-state index < -0.39 is 14.0 Å². The van der Waals surface area contributed by atoms with Crippen molar-refractivity contribution < 1.29 is 14.1 Å². The highest BCUT2D eigenvalue weighted by Gasteiger charge is 2.33. The van der Waals surface area contributed by atoms with Crippen molar-refractivity contribution in [1.29, 1.82) is 0 Å². The van der Waals surface area contributed by atoms with Crippen molar-refractivity contribution in [3.05, 3.63) is 0 Å². The molecule has 0 bridgehead atoms. The van der Waals surface area contributed by atoms with E-state index >= 15 is 0 Å². The molecule has 118 valence electrons. The first-order valence-electron chi connectivity index (χ1n) is 7.85. The lowest BCUT2D eigenvalue weighted by molar-refractivity contribution is -0.148. The summed E-state index contributed by atoms with van der Waals surface area (Å²) in [5.41, 5.74) is 0.163. The summed E-state index contributed by atoms with van der Waals surface area (Å²) in [5, 5.41) is 2.93. The van der Waals surface area contributed by atoms with E-state index in [1.807, 2.05) is 13.8 Å². The summed E-state index contributed by atoms with van der Waals surface area (Å²) in [6.45, 7) is 9.61. The van der Waals surface area contributed by atoms with Crippen molar-refractivity contribution in [2.45, 2.75) is 90.9 Å². The number of nitrogens with one attached hydrogen (secondary N) is 1. The molecule has 0 saturated heterocycles. The lowest BCUT2D eigenvalue weighted by atomic mass is 10.1. The third kappa shape index (κ3) is 8.65. The van der Waals surface area contributed by atoms with Crippen LogP contribution in [0.1, 0.15) is 73.1 Å². The minimum absolute atomic E-state index is 0.138. The van der Waals surface area contributed by atoms with Crippen molar-refractivity contribution >= 4 is 13.9 Å². The summed E-state index contributed by atoms with van der Waals surface area (Å²) in [6, 6.07) is -0.508. The molecule has 4 nitrogen and oxygen atoms in total. The second-order valence-corrected chi connectivity index (χ2v) is 7.24. The average Bonchev–Trinajstić information content (AvgIpc) is 2.36. The Labute approximate surface area is 124 Å². The van der Waals surface area contributed by atoms with E-state index in [0.717, 1.165) is 25.7 Å². The number of carbonyl (C=O) groups is 1. The molecule has 20 heavy (non-hydrogen) atoms. The topological polar surface area (TPSA) is 55.4 Å². The van der Waals surface area contributed by atoms with E-state index in [4.69, 9.17) is 4.74 Å². The Kier molecular flexibility index (Phi) is 11.0. The summed E-state index contributed by atoms with van der Waals surface area (Å²) >= 11 is 0. The van der Waals surface area contributed by atoms with E-state index in [0.29, 0.717) is 0 Å². The summed E-state index contributed by atoms with van der Waals surface area (Å²) < 4.78 is 17.5. The third-order valence-electron chi connectivity index (χ3n) is 3.12. The summed E-state index contributed by atoms with van der Waals surface area (Å²) in [4.78, 5) is 11.7. The first kappa shape index (κ1) is 19.5. The predicted molar refractivity (Wildman–Crippen MR) is 84.3 cm³/mol. The Morgan fingerprint density at radius 3 is 2.25 bits per heavy atom. The number of hydrogen-bond acceptors (Lipinski definition) is 3. The van der Waals surface area contributed by atoms with Gasteiger partial charge in [0.2, 0.25) is 0 Å². The molecule has 1 N–H and O–H groups in total. The SMILES string of the molecule is CCCCCC(CCC)[P+](=O)N[C@@H](C)C(=O)OC(C)C. The molecular weight excluding hydrogens is 273 g/mol. The number of ether oxygens (including phenoxy) is 1. The third-order valence-corrected chi connectivity index (χ3v) is 4.94. The van der Waals surface area contributed by atoms with Gasteiger partial charge in [-0.15, -0.1) is 0 Å². The predicted octanol–water partition coefficient (Wildman–Crippen LogP) is 4.41. The van der Waals surface area contributed by atoms with Gasteiger partial charge in [-0.25, -0.2) is 0 Å². The fourth-order valence-corrected chi connectivity index (χ4v) is 3.63. The van der Waals surface area contributed by atoms with Crippen molar-refractivity contribution in [3.8, 4) is 0 Å². The Morgan fingerprint density at radius 2 is 1.75 bits per heavy atom. The number of unbranched alkanes of at least 4 members (excludes halogenated alkanes) is 2. The van der Waals surface area contributed by atoms with E-state index in [9.17, 15) is 9.36 Å². The molecule has 2 unspecified atom stereocenters. The first-order chi connectivity index (χ1) is 9.42. The first-order valence-corrected chi connectivity index (χ1v) is 9.18. The van der Waals surface area contributed by atoms with Gasteiger partial charge in [0, 0.05) is 0 Å². The van der Waals surface area contributed by atoms with E-state index in [-0.39, 0.29) is 17.7 Å². The molecule has 0 aliphatic heterocycles. The number of esters is 1. The number of hydrogen-bond donors (Lipinski definition) is 1. The normalized spacial score (nSPS) is 15.0. The van der Waals surface area contributed by atoms with Crippen LogP contribution in [-0.2, 0) is 14.1 Å². The van der Waals surface area contributed by atoms with E-state index in [2.05, 4.69) is 18.9 Å². The van der Waals surface area contributed by atoms with Crippen LogP contribution in [0.2, 0.25) is 0 Å². The molecule has 0 rings (SSSR count). The fraction of sp³-hybridized carbons (Fsp3) is 0.933. The summed E-state index contributed by atoms with van der Waals surface area (Å²) in [6.07, 6.45) is 6.24. The number of carbonyl (C=O) groups excluding carboxylic acids is 1. The largest absolute Gasteiger partial charge is 0.462 e. The minimum Gasteiger partial charge on any atom is -0.462 e. The standard InChI is InChI=1S/C15H31NO3P/c1-6-8-9-11-14(10-7-2)20(18)16-13(5)15(17)19-12(3)4/h12-14H,6-11H2,1-5H3,(H,16,18)/q+1/t13-,14?/m0/s1. The quantitative estimate of drug-likeness (QED) is 0.349. The van der Waals surface area contributed by atoms with Crippen molar-refractivity contribution in [1.82, 2.24) is 5.09 Å². The molecule has 0 spiro atoms. The maximum Gasteiger partial charge on any atom is 0.436 e. The lowest BCUT2D eigenvalue weighted by Gasteiger charge is -2.12. The number of rotatable bonds is 11. The molecule has 0 aliphatic carbocycles. The minimum atomic E-state index is -1.56. The van der Waals surface area contributed by atoms with Crippen molar-refractivity contribution in [2.24, 2.45) is 0 Å². The van der Waals surface area contributed by atoms with Gasteiger partial charge in [-0.2, -0.15) is 0 Å². The van der Waals surface area contributed by atoms with Crippen LogP contribution in [0.5, 0.6) is 0 Å². The lowest BCUT2D eigenvalue weighted by Crippen LogP contribution is -2.34. The molecular formula is C15H31NO3P+. The highest BCUT2D eigenvalue weighted by atomic mass is 31.1. The van der Waals surface area contributed by atoms with Gasteiger partial charge in [0.05, 0.1) is 6.10 Å². The molecule has 0 amide bonds. The Bertz CT molecular complexity index is 295. The van der Waals surface area contributed by atoms with Gasteiger partial charge in [-0.1, -0.05) is 42.8 Å². The van der Waals surface area contributed by atoms with Gasteiger partial charge in [-0.05, 0) is 40.0 Å². The molecule has 0 heterocycles. The van der Waals surface area contributed by atoms with Gasteiger partial charge in [-0.3, -0.25) is 4.79 Å². The van der Waals surface area contributed by atoms with Crippen LogP contribution in [0, 0.1) is 0 Å². The molecule has 0 fully saturated rings. The van der Waals surface area contributed by atoms with E-state index in [1.165, 1.54) is 12.8 Å².